The van der Waals surface area contributed by atoms with Crippen molar-refractivity contribution in [1.29, 1.82) is 0 Å². The van der Waals surface area contributed by atoms with Crippen molar-refractivity contribution in [2.24, 2.45) is 0 Å². The SMILES string of the molecule is Cc1ccc(-c2nc3c(c(SCC(=O)NCCc4ccccc4)n2)COC(C)(C)C3)cc1. The van der Waals surface area contributed by atoms with E-state index in [4.69, 9.17) is 14.7 Å². The Morgan fingerprint density at radius 3 is 2.59 bits per heavy atom. The molecular formula is C26H29N3O2S. The van der Waals surface area contributed by atoms with Gasteiger partial charge < -0.3 is 10.1 Å². The average Bonchev–Trinajstić information content (AvgIpc) is 2.77. The maximum atomic E-state index is 12.5. The van der Waals surface area contributed by atoms with Crippen LogP contribution < -0.4 is 5.32 Å². The van der Waals surface area contributed by atoms with Crippen LogP contribution in [0.15, 0.2) is 59.6 Å². The van der Waals surface area contributed by atoms with Gasteiger partial charge >= 0.3 is 0 Å². The zero-order chi connectivity index (χ0) is 22.6. The summed E-state index contributed by atoms with van der Waals surface area (Å²) in [5, 5.41) is 3.85. The molecule has 4 rings (SSSR count). The Hall–Kier alpha value is -2.70. The van der Waals surface area contributed by atoms with Crippen molar-refractivity contribution in [3.8, 4) is 11.4 Å². The summed E-state index contributed by atoms with van der Waals surface area (Å²) in [6, 6.07) is 18.4. The van der Waals surface area contributed by atoms with E-state index in [1.54, 1.807) is 0 Å². The monoisotopic (exact) mass is 447 g/mol. The van der Waals surface area contributed by atoms with Gasteiger partial charge in [-0.25, -0.2) is 9.97 Å². The number of hydrogen-bond donors (Lipinski definition) is 1. The van der Waals surface area contributed by atoms with Gasteiger partial charge in [0.15, 0.2) is 5.82 Å². The molecule has 1 N–H and O–H groups in total. The molecule has 1 amide bonds. The Kier molecular flexibility index (Phi) is 6.92. The number of fused-ring (bicyclic) bond motifs is 1. The minimum absolute atomic E-state index is 0.00670. The molecule has 2 heterocycles. The van der Waals surface area contributed by atoms with Gasteiger partial charge in [0.2, 0.25) is 5.91 Å². The fourth-order valence-corrected chi connectivity index (χ4v) is 4.52. The number of nitrogens with zero attached hydrogens (tertiary/aromatic N) is 2. The third-order valence-electron chi connectivity index (χ3n) is 5.48. The lowest BCUT2D eigenvalue weighted by molar-refractivity contribution is -0.118. The van der Waals surface area contributed by atoms with Gasteiger partial charge in [0.05, 0.1) is 23.7 Å². The van der Waals surface area contributed by atoms with Crippen LogP contribution in [0.25, 0.3) is 11.4 Å². The normalized spacial score (nSPS) is 14.6. The number of thioether (sulfide) groups is 1. The topological polar surface area (TPSA) is 64.1 Å². The molecule has 6 heteroatoms. The second-order valence-corrected chi connectivity index (χ2v) is 9.71. The molecule has 0 saturated heterocycles. The first-order valence-electron chi connectivity index (χ1n) is 10.9. The van der Waals surface area contributed by atoms with Gasteiger partial charge in [-0.05, 0) is 32.8 Å². The Labute approximate surface area is 194 Å². The first-order valence-corrected chi connectivity index (χ1v) is 11.9. The van der Waals surface area contributed by atoms with Gasteiger partial charge in [-0.15, -0.1) is 0 Å². The summed E-state index contributed by atoms with van der Waals surface area (Å²) in [6.07, 6.45) is 1.54. The van der Waals surface area contributed by atoms with Crippen LogP contribution in [0, 0.1) is 6.92 Å². The number of benzene rings is 2. The second-order valence-electron chi connectivity index (χ2n) is 8.74. The molecular weight excluding hydrogens is 418 g/mol. The smallest absolute Gasteiger partial charge is 0.230 e. The van der Waals surface area contributed by atoms with Crippen LogP contribution in [0.1, 0.15) is 36.2 Å². The zero-order valence-corrected chi connectivity index (χ0v) is 19.7. The van der Waals surface area contributed by atoms with Gasteiger partial charge in [-0.1, -0.05) is 71.9 Å². The standard InChI is InChI=1S/C26H29N3O2S/c1-18-9-11-20(12-10-18)24-28-22-15-26(2,3)31-16-21(22)25(29-24)32-17-23(30)27-14-13-19-7-5-4-6-8-19/h4-12H,13-17H2,1-3H3,(H,27,30). The van der Waals surface area contributed by atoms with Crippen molar-refractivity contribution in [2.75, 3.05) is 12.3 Å². The maximum Gasteiger partial charge on any atom is 0.230 e. The highest BCUT2D eigenvalue weighted by Gasteiger charge is 2.30. The van der Waals surface area contributed by atoms with Gasteiger partial charge in [-0.2, -0.15) is 0 Å². The Morgan fingerprint density at radius 2 is 1.84 bits per heavy atom. The zero-order valence-electron chi connectivity index (χ0n) is 18.9. The lowest BCUT2D eigenvalue weighted by Gasteiger charge is -2.32. The van der Waals surface area contributed by atoms with Gasteiger partial charge in [0, 0.05) is 24.1 Å². The van der Waals surface area contributed by atoms with Crippen molar-refractivity contribution in [2.45, 2.75) is 50.8 Å². The van der Waals surface area contributed by atoms with E-state index in [-0.39, 0.29) is 11.5 Å². The van der Waals surface area contributed by atoms with Crippen molar-refractivity contribution in [3.05, 3.63) is 77.0 Å². The minimum Gasteiger partial charge on any atom is -0.370 e. The predicted octanol–water partition coefficient (Wildman–Crippen LogP) is 4.75. The lowest BCUT2D eigenvalue weighted by Crippen LogP contribution is -2.33. The number of amides is 1. The van der Waals surface area contributed by atoms with Gasteiger partial charge in [0.25, 0.3) is 0 Å². The van der Waals surface area contributed by atoms with E-state index in [2.05, 4.69) is 50.4 Å². The summed E-state index contributed by atoms with van der Waals surface area (Å²) in [6.45, 7) is 7.31. The van der Waals surface area contributed by atoms with E-state index in [1.165, 1.54) is 22.9 Å². The molecule has 166 valence electrons. The maximum absolute atomic E-state index is 12.5. The van der Waals surface area contributed by atoms with Crippen molar-refractivity contribution >= 4 is 17.7 Å². The van der Waals surface area contributed by atoms with E-state index < -0.39 is 0 Å². The van der Waals surface area contributed by atoms with Crippen LogP contribution in [0.3, 0.4) is 0 Å². The molecule has 1 aliphatic rings. The summed E-state index contributed by atoms with van der Waals surface area (Å²) in [5.74, 6) is 1.02. The summed E-state index contributed by atoms with van der Waals surface area (Å²) in [7, 11) is 0. The van der Waals surface area contributed by atoms with E-state index in [0.29, 0.717) is 24.7 Å². The van der Waals surface area contributed by atoms with Crippen molar-refractivity contribution in [3.63, 3.8) is 0 Å². The van der Waals surface area contributed by atoms with E-state index in [1.807, 2.05) is 30.3 Å². The average molecular weight is 448 g/mol. The largest absolute Gasteiger partial charge is 0.370 e. The van der Waals surface area contributed by atoms with Crippen molar-refractivity contribution in [1.82, 2.24) is 15.3 Å². The number of carbonyl (C=O) groups is 1. The molecule has 0 atom stereocenters. The molecule has 2 aromatic carbocycles. The number of rotatable bonds is 7. The first-order chi connectivity index (χ1) is 15.4. The molecule has 0 spiro atoms. The second kappa shape index (κ2) is 9.84. The van der Waals surface area contributed by atoms with Crippen LogP contribution in [0.5, 0.6) is 0 Å². The summed E-state index contributed by atoms with van der Waals surface area (Å²) in [5.41, 5.74) is 5.15. The molecule has 0 bridgehead atoms. The van der Waals surface area contributed by atoms with Crippen molar-refractivity contribution < 1.29 is 9.53 Å². The number of carbonyl (C=O) groups excluding carboxylic acids is 1. The number of aryl methyl sites for hydroxylation is 1. The molecule has 0 saturated carbocycles. The Morgan fingerprint density at radius 1 is 1.09 bits per heavy atom. The summed E-state index contributed by atoms with van der Waals surface area (Å²) in [4.78, 5) is 22.2. The molecule has 1 aromatic heterocycles. The fraction of sp³-hybridized carbons (Fsp3) is 0.346. The molecule has 0 unspecified atom stereocenters. The summed E-state index contributed by atoms with van der Waals surface area (Å²) < 4.78 is 6.02. The number of aromatic nitrogens is 2. The van der Waals surface area contributed by atoms with E-state index in [0.717, 1.165) is 34.7 Å². The Bertz CT molecular complexity index is 1080. The summed E-state index contributed by atoms with van der Waals surface area (Å²) >= 11 is 1.46. The highest BCUT2D eigenvalue weighted by Crippen LogP contribution is 2.34. The third kappa shape index (κ3) is 5.75. The first kappa shape index (κ1) is 22.5. The van der Waals surface area contributed by atoms with Gasteiger partial charge in [-0.3, -0.25) is 4.79 Å². The third-order valence-corrected chi connectivity index (χ3v) is 6.50. The van der Waals surface area contributed by atoms with Crippen LogP contribution in [0.4, 0.5) is 0 Å². The predicted molar refractivity (Wildman–Crippen MR) is 129 cm³/mol. The highest BCUT2D eigenvalue weighted by molar-refractivity contribution is 7.99. The molecule has 0 aliphatic carbocycles. The number of nitrogens with one attached hydrogen (secondary N) is 1. The van der Waals surface area contributed by atoms with Crippen LogP contribution in [-0.4, -0.2) is 33.8 Å². The quantitative estimate of drug-likeness (QED) is 0.418. The molecule has 0 fully saturated rings. The fourth-order valence-electron chi connectivity index (χ4n) is 3.65. The molecule has 0 radical (unpaired) electrons. The van der Waals surface area contributed by atoms with Crippen LogP contribution in [0.2, 0.25) is 0 Å². The van der Waals surface area contributed by atoms with Crippen LogP contribution in [-0.2, 0) is 29.0 Å². The van der Waals surface area contributed by atoms with E-state index in [9.17, 15) is 4.79 Å². The number of hydrogen-bond acceptors (Lipinski definition) is 5. The molecule has 32 heavy (non-hydrogen) atoms. The molecule has 1 aliphatic heterocycles. The highest BCUT2D eigenvalue weighted by atomic mass is 32.2. The van der Waals surface area contributed by atoms with Gasteiger partial charge in [0.1, 0.15) is 5.03 Å². The Balaban J connectivity index is 1.47. The minimum atomic E-state index is -0.261. The lowest BCUT2D eigenvalue weighted by atomic mass is 9.96. The molecule has 5 nitrogen and oxygen atoms in total. The van der Waals surface area contributed by atoms with Crippen LogP contribution >= 0.6 is 11.8 Å². The number of ether oxygens (including phenoxy) is 1. The molecule has 3 aromatic rings. The van der Waals surface area contributed by atoms with E-state index >= 15 is 0 Å².